The predicted octanol–water partition coefficient (Wildman–Crippen LogP) is 2.43. The molecular weight excluding hydrogens is 672 g/mol. The molecule has 4 rings (SSSR count). The fraction of sp³-hybridized carbons (Fsp3) is 0.400. The molecule has 1 aliphatic heterocycles. The molecule has 0 aliphatic carbocycles. The Kier molecular flexibility index (Phi) is 11.0. The molecule has 0 radical (unpaired) electrons. The highest BCUT2D eigenvalue weighted by atomic mass is 32.3. The first-order valence-electron chi connectivity index (χ1n) is 14.4. The quantitative estimate of drug-likeness (QED) is 0.219. The summed E-state index contributed by atoms with van der Waals surface area (Å²) >= 11 is 0. The summed E-state index contributed by atoms with van der Waals surface area (Å²) in [4.78, 5) is 48.0. The molecule has 1 unspecified atom stereocenters. The Labute approximate surface area is 276 Å². The van der Waals surface area contributed by atoms with Gasteiger partial charge in [-0.3, -0.25) is 19.2 Å². The number of carbonyl (C=O) groups is 4. The van der Waals surface area contributed by atoms with Crippen molar-refractivity contribution in [1.82, 2.24) is 15.0 Å². The minimum Gasteiger partial charge on any atom is -0.463 e. The Morgan fingerprint density at radius 2 is 1.25 bits per heavy atom. The first-order chi connectivity index (χ1) is 22.5. The van der Waals surface area contributed by atoms with Gasteiger partial charge in [-0.2, -0.15) is 8.42 Å². The highest BCUT2D eigenvalue weighted by Gasteiger charge is 2.53. The molecule has 1 fully saturated rings. The van der Waals surface area contributed by atoms with E-state index in [4.69, 9.17) is 23.7 Å². The largest absolute Gasteiger partial charge is 0.463 e. The van der Waals surface area contributed by atoms with Crippen LogP contribution in [-0.2, 0) is 62.6 Å². The summed E-state index contributed by atoms with van der Waals surface area (Å²) in [5.41, 5.74) is 1.59. The molecule has 0 spiro atoms. The normalized spacial score (nSPS) is 22.1. The van der Waals surface area contributed by atoms with Crippen LogP contribution in [-0.4, -0.2) is 82.5 Å². The molecule has 0 N–H and O–H groups in total. The molecule has 2 heterocycles. The van der Waals surface area contributed by atoms with Gasteiger partial charge in [0.05, 0.1) is 16.0 Å². The monoisotopic (exact) mass is 706 g/mol. The van der Waals surface area contributed by atoms with Gasteiger partial charge < -0.3 is 23.7 Å². The maximum atomic E-state index is 14.8. The number of hydrogen-bond acceptors (Lipinski definition) is 14. The topological polar surface area (TPSA) is 209 Å². The van der Waals surface area contributed by atoms with Crippen LogP contribution in [0, 0.1) is 13.8 Å². The number of rotatable bonds is 10. The molecule has 18 heteroatoms. The molecule has 48 heavy (non-hydrogen) atoms. The van der Waals surface area contributed by atoms with Crippen molar-refractivity contribution >= 4 is 43.6 Å². The number of sulfonamides is 1. The summed E-state index contributed by atoms with van der Waals surface area (Å²) in [6.07, 6.45) is -6.25. The molecule has 16 nitrogen and oxygen atoms in total. The lowest BCUT2D eigenvalue weighted by atomic mass is 9.97. The lowest BCUT2D eigenvalue weighted by Crippen LogP contribution is -2.60. The summed E-state index contributed by atoms with van der Waals surface area (Å²) in [5, 5.41) is 7.60. The number of aromatic nitrogens is 3. The molecular formula is C30H34N4O12S2. The average Bonchev–Trinajstić information content (AvgIpc) is 3.49. The second kappa shape index (κ2) is 14.6. The first-order valence-corrected chi connectivity index (χ1v) is 17.3. The van der Waals surface area contributed by atoms with E-state index in [2.05, 4.69) is 14.1 Å². The molecule has 6 atom stereocenters. The van der Waals surface area contributed by atoms with Gasteiger partial charge in [0.2, 0.25) is 0 Å². The van der Waals surface area contributed by atoms with E-state index in [1.54, 1.807) is 38.1 Å². The van der Waals surface area contributed by atoms with Crippen LogP contribution in [0.4, 0.5) is 0 Å². The zero-order valence-corrected chi connectivity index (χ0v) is 28.4. The summed E-state index contributed by atoms with van der Waals surface area (Å²) < 4.78 is 74.1. The zero-order chi connectivity index (χ0) is 35.4. The smallest absolute Gasteiger partial charge is 0.303 e. The molecule has 0 saturated carbocycles. The van der Waals surface area contributed by atoms with E-state index < -0.39 is 85.9 Å². The van der Waals surface area contributed by atoms with Crippen LogP contribution in [0.1, 0.15) is 45.0 Å². The second-order valence-corrected chi connectivity index (χ2v) is 14.8. The standard InChI is InChI=1S/C30H34N4O12S2/c1-17-7-11-23(12-8-17)47(39,33-48(40,41)24-13-9-18(2)10-14-24)26-15-34(32-31-26)30-29(45-22(6)38)28(44-21(5)37)27(43-20(4)36)25(46-30)16-42-19(3)35/h7-15,25,27-30H,16H2,1-6H3/t25-,27-,28+,29-,30-,47?/m1/s1. The number of hydrogen-bond donors (Lipinski definition) is 0. The van der Waals surface area contributed by atoms with Gasteiger partial charge in [0.1, 0.15) is 22.4 Å². The Balaban J connectivity index is 1.89. The van der Waals surface area contributed by atoms with Gasteiger partial charge in [-0.05, 0) is 38.1 Å². The summed E-state index contributed by atoms with van der Waals surface area (Å²) in [6.45, 7) is 7.41. The number of aryl methyl sites for hydroxylation is 2. The van der Waals surface area contributed by atoms with Crippen LogP contribution in [0.3, 0.4) is 0 Å². The van der Waals surface area contributed by atoms with Crippen molar-refractivity contribution < 1.29 is 55.5 Å². The summed E-state index contributed by atoms with van der Waals surface area (Å²) in [7, 11) is -8.61. The number of benzene rings is 2. The minimum absolute atomic E-state index is 0.00242. The predicted molar refractivity (Wildman–Crippen MR) is 164 cm³/mol. The van der Waals surface area contributed by atoms with Crippen molar-refractivity contribution in [3.63, 3.8) is 0 Å². The van der Waals surface area contributed by atoms with Crippen LogP contribution in [0.25, 0.3) is 0 Å². The van der Waals surface area contributed by atoms with Crippen LogP contribution < -0.4 is 0 Å². The van der Waals surface area contributed by atoms with Gasteiger partial charge in [0, 0.05) is 27.7 Å². The number of carbonyl (C=O) groups excluding carboxylic acids is 4. The number of nitrogens with zero attached hydrogens (tertiary/aromatic N) is 4. The fourth-order valence-electron chi connectivity index (χ4n) is 4.75. The van der Waals surface area contributed by atoms with Gasteiger partial charge in [-0.25, -0.2) is 8.89 Å². The van der Waals surface area contributed by atoms with Crippen LogP contribution in [0.2, 0.25) is 0 Å². The van der Waals surface area contributed by atoms with Crippen molar-refractivity contribution in [2.75, 3.05) is 6.61 Å². The third kappa shape index (κ3) is 8.42. The van der Waals surface area contributed by atoms with Gasteiger partial charge in [0.25, 0.3) is 10.0 Å². The number of esters is 4. The third-order valence-electron chi connectivity index (χ3n) is 6.86. The Morgan fingerprint density at radius 3 is 1.77 bits per heavy atom. The third-order valence-corrected chi connectivity index (χ3v) is 11.0. The van der Waals surface area contributed by atoms with Crippen molar-refractivity contribution in [3.8, 4) is 0 Å². The SMILES string of the molecule is CC(=O)OC[C@H]1O[C@@H](n2cc(S(=O)(=NS(=O)(=O)c3ccc(C)cc3)c3ccc(C)cc3)nn2)[C@H](OC(C)=O)[C@@H](OC(C)=O)[C@@H]1OC(C)=O. The Hall–Kier alpha value is -4.68. The molecule has 1 aliphatic rings. The minimum atomic E-state index is -4.53. The van der Waals surface area contributed by atoms with E-state index in [0.717, 1.165) is 49.7 Å². The maximum absolute atomic E-state index is 14.8. The molecule has 1 saturated heterocycles. The fourth-order valence-corrected chi connectivity index (χ4v) is 8.47. The maximum Gasteiger partial charge on any atom is 0.303 e. The highest BCUT2D eigenvalue weighted by molar-refractivity contribution is 8.03. The zero-order valence-electron chi connectivity index (χ0n) is 26.8. The second-order valence-electron chi connectivity index (χ2n) is 10.8. The molecule has 1 aromatic heterocycles. The van der Waals surface area contributed by atoms with E-state index in [1.807, 2.05) is 0 Å². The van der Waals surface area contributed by atoms with E-state index >= 15 is 0 Å². The Morgan fingerprint density at radius 1 is 0.750 bits per heavy atom. The summed E-state index contributed by atoms with van der Waals surface area (Å²) in [6, 6.07) is 11.9. The van der Waals surface area contributed by atoms with E-state index in [1.165, 1.54) is 24.3 Å². The van der Waals surface area contributed by atoms with Crippen molar-refractivity contribution in [1.29, 1.82) is 0 Å². The van der Waals surface area contributed by atoms with Crippen LogP contribution in [0.5, 0.6) is 0 Å². The van der Waals surface area contributed by atoms with Crippen LogP contribution >= 0.6 is 0 Å². The Bertz CT molecular complexity index is 1920. The lowest BCUT2D eigenvalue weighted by molar-refractivity contribution is -0.270. The molecule has 2 aromatic carbocycles. The molecule has 3 aromatic rings. The molecule has 0 bridgehead atoms. The lowest BCUT2D eigenvalue weighted by Gasteiger charge is -2.44. The average molecular weight is 707 g/mol. The van der Waals surface area contributed by atoms with Gasteiger partial charge in [-0.15, -0.1) is 5.10 Å². The van der Waals surface area contributed by atoms with Crippen LogP contribution in [0.15, 0.2) is 73.3 Å². The van der Waals surface area contributed by atoms with Crippen molar-refractivity contribution in [2.24, 2.45) is 3.77 Å². The van der Waals surface area contributed by atoms with Gasteiger partial charge >= 0.3 is 23.9 Å². The van der Waals surface area contributed by atoms with Gasteiger partial charge in [0.15, 0.2) is 29.6 Å². The molecule has 0 amide bonds. The van der Waals surface area contributed by atoms with E-state index in [9.17, 15) is 31.8 Å². The van der Waals surface area contributed by atoms with E-state index in [0.29, 0.717) is 0 Å². The molecule has 258 valence electrons. The number of ether oxygens (including phenoxy) is 5. The van der Waals surface area contributed by atoms with Gasteiger partial charge in [-0.1, -0.05) is 44.4 Å². The summed E-state index contributed by atoms with van der Waals surface area (Å²) in [5.74, 6) is -3.22. The van der Waals surface area contributed by atoms with E-state index in [-0.39, 0.29) is 9.79 Å². The highest BCUT2D eigenvalue weighted by Crippen LogP contribution is 2.35. The van der Waals surface area contributed by atoms with Crippen molar-refractivity contribution in [2.45, 2.75) is 87.0 Å². The first kappa shape index (κ1) is 36.2. The van der Waals surface area contributed by atoms with Crippen molar-refractivity contribution in [3.05, 3.63) is 65.9 Å².